The molecule has 0 saturated carbocycles. The van der Waals surface area contributed by atoms with Crippen LogP contribution in [-0.4, -0.2) is 26.5 Å². The topological polar surface area (TPSA) is 121 Å². The van der Waals surface area contributed by atoms with Gasteiger partial charge in [0.1, 0.15) is 6.04 Å². The molecule has 1 amide bonds. The number of aliphatic carboxylic acids is 1. The first-order chi connectivity index (χ1) is 16.6. The third kappa shape index (κ3) is 6.35. The summed E-state index contributed by atoms with van der Waals surface area (Å²) in [6, 6.07) is 12.2. The zero-order valence-electron chi connectivity index (χ0n) is 20.4. The maximum atomic E-state index is 13.4. The van der Waals surface area contributed by atoms with Gasteiger partial charge in [-0.05, 0) is 55.5 Å². The van der Waals surface area contributed by atoms with E-state index >= 15 is 0 Å². The molecule has 0 aliphatic heterocycles. The third-order valence-electron chi connectivity index (χ3n) is 5.90. The fraction of sp³-hybridized carbons (Fsp3) is 0.333. The lowest BCUT2D eigenvalue weighted by atomic mass is 9.95. The maximum Gasteiger partial charge on any atom is 0.305 e. The molecule has 0 unspecified atom stereocenters. The Labute approximate surface area is 203 Å². The Morgan fingerprint density at radius 1 is 1.06 bits per heavy atom. The molecule has 0 aliphatic rings. The highest BCUT2D eigenvalue weighted by Crippen LogP contribution is 2.27. The molecule has 3 rings (SSSR count). The van der Waals surface area contributed by atoms with E-state index < -0.39 is 24.0 Å². The van der Waals surface area contributed by atoms with E-state index in [9.17, 15) is 24.3 Å². The highest BCUT2D eigenvalue weighted by molar-refractivity contribution is 5.81. The average Bonchev–Trinajstić information content (AvgIpc) is 2.79. The molecule has 1 aromatic carbocycles. The van der Waals surface area contributed by atoms with Gasteiger partial charge in [0.2, 0.25) is 5.91 Å². The predicted molar refractivity (Wildman–Crippen MR) is 134 cm³/mol. The standard InChI is InChI=1S/C27H31N3O5/c1-16(2)12-23(30-11-6-5-10-24(30)31)27(35)29-22(15-25(32)33)20-9-7-8-19(14-20)21-13-17(3)26(34)28-18(21)4/h5-11,13-14,16,22-23H,12,15H2,1-4H3,(H,28,34)(H,29,35)(H,32,33)/t22-,23+/m0/s1. The number of carboxylic acid groups (broad SMARTS) is 1. The van der Waals surface area contributed by atoms with Gasteiger partial charge in [-0.3, -0.25) is 19.2 Å². The first-order valence-electron chi connectivity index (χ1n) is 11.6. The quantitative estimate of drug-likeness (QED) is 0.433. The molecule has 8 nitrogen and oxygen atoms in total. The summed E-state index contributed by atoms with van der Waals surface area (Å²) in [5.41, 5.74) is 3.03. The Kier molecular flexibility index (Phi) is 8.06. The van der Waals surface area contributed by atoms with Crippen molar-refractivity contribution < 1.29 is 14.7 Å². The van der Waals surface area contributed by atoms with Gasteiger partial charge in [0.15, 0.2) is 0 Å². The van der Waals surface area contributed by atoms with E-state index in [1.165, 1.54) is 10.6 Å². The monoisotopic (exact) mass is 477 g/mol. The number of carboxylic acids is 1. The molecular formula is C27H31N3O5. The number of nitrogens with one attached hydrogen (secondary N) is 2. The van der Waals surface area contributed by atoms with Crippen LogP contribution in [0.5, 0.6) is 0 Å². The van der Waals surface area contributed by atoms with Gasteiger partial charge in [-0.25, -0.2) is 0 Å². The number of hydrogen-bond donors (Lipinski definition) is 3. The summed E-state index contributed by atoms with van der Waals surface area (Å²) < 4.78 is 1.38. The van der Waals surface area contributed by atoms with Gasteiger partial charge in [-0.1, -0.05) is 38.1 Å². The minimum absolute atomic E-state index is 0.130. The van der Waals surface area contributed by atoms with Crippen LogP contribution in [0.15, 0.2) is 64.3 Å². The van der Waals surface area contributed by atoms with Gasteiger partial charge < -0.3 is 20.0 Å². The van der Waals surface area contributed by atoms with E-state index in [1.54, 1.807) is 50.4 Å². The fourth-order valence-electron chi connectivity index (χ4n) is 4.13. The van der Waals surface area contributed by atoms with Crippen LogP contribution in [0.3, 0.4) is 0 Å². The Morgan fingerprint density at radius 2 is 1.80 bits per heavy atom. The Morgan fingerprint density at radius 3 is 2.46 bits per heavy atom. The number of carbonyl (C=O) groups is 2. The number of aryl methyl sites for hydroxylation is 2. The summed E-state index contributed by atoms with van der Waals surface area (Å²) >= 11 is 0. The summed E-state index contributed by atoms with van der Waals surface area (Å²) in [7, 11) is 0. The normalized spacial score (nSPS) is 12.8. The Hall–Kier alpha value is -3.94. The van der Waals surface area contributed by atoms with Crippen LogP contribution in [0, 0.1) is 19.8 Å². The van der Waals surface area contributed by atoms with Gasteiger partial charge in [0.05, 0.1) is 12.5 Å². The molecule has 184 valence electrons. The molecule has 0 spiro atoms. The smallest absolute Gasteiger partial charge is 0.305 e. The van der Waals surface area contributed by atoms with Crippen molar-refractivity contribution in [2.45, 2.75) is 52.6 Å². The molecule has 0 saturated heterocycles. The highest BCUT2D eigenvalue weighted by atomic mass is 16.4. The van der Waals surface area contributed by atoms with E-state index in [1.807, 2.05) is 26.0 Å². The molecule has 2 atom stereocenters. The maximum absolute atomic E-state index is 13.4. The first-order valence-corrected chi connectivity index (χ1v) is 11.6. The zero-order valence-corrected chi connectivity index (χ0v) is 20.4. The second-order valence-electron chi connectivity index (χ2n) is 9.20. The van der Waals surface area contributed by atoms with Crippen LogP contribution in [-0.2, 0) is 9.59 Å². The van der Waals surface area contributed by atoms with Crippen LogP contribution < -0.4 is 16.4 Å². The molecule has 0 radical (unpaired) electrons. The molecule has 2 heterocycles. The van der Waals surface area contributed by atoms with Crippen molar-refractivity contribution in [3.63, 3.8) is 0 Å². The molecule has 2 aromatic heterocycles. The van der Waals surface area contributed by atoms with Crippen LogP contribution >= 0.6 is 0 Å². The number of H-pyrrole nitrogens is 1. The van der Waals surface area contributed by atoms with Gasteiger partial charge in [-0.15, -0.1) is 0 Å². The van der Waals surface area contributed by atoms with Gasteiger partial charge in [0.25, 0.3) is 11.1 Å². The lowest BCUT2D eigenvalue weighted by Crippen LogP contribution is -2.39. The van der Waals surface area contributed by atoms with Crippen molar-refractivity contribution in [3.05, 3.63) is 92.3 Å². The SMILES string of the molecule is Cc1[nH]c(=O)c(C)cc1-c1cccc([C@H](CC(=O)O)NC(=O)[C@@H](CC(C)C)n2ccccc2=O)c1. The zero-order chi connectivity index (χ0) is 25.7. The van der Waals surface area contributed by atoms with E-state index in [0.717, 1.165) is 11.1 Å². The van der Waals surface area contributed by atoms with Crippen molar-refractivity contribution in [2.24, 2.45) is 5.92 Å². The largest absolute Gasteiger partial charge is 0.481 e. The predicted octanol–water partition coefficient (Wildman–Crippen LogP) is 3.74. The van der Waals surface area contributed by atoms with Gasteiger partial charge in [0, 0.05) is 29.1 Å². The molecule has 35 heavy (non-hydrogen) atoms. The number of amides is 1. The molecule has 0 fully saturated rings. The summed E-state index contributed by atoms with van der Waals surface area (Å²) in [6.45, 7) is 7.44. The molecule has 3 aromatic rings. The van der Waals surface area contributed by atoms with E-state index in [-0.39, 0.29) is 23.5 Å². The molecular weight excluding hydrogens is 446 g/mol. The van der Waals surface area contributed by atoms with Gasteiger partial charge >= 0.3 is 5.97 Å². The lowest BCUT2D eigenvalue weighted by molar-refractivity contribution is -0.138. The van der Waals surface area contributed by atoms with E-state index in [0.29, 0.717) is 23.2 Å². The van der Waals surface area contributed by atoms with Crippen LogP contribution in [0.2, 0.25) is 0 Å². The highest BCUT2D eigenvalue weighted by Gasteiger charge is 2.26. The van der Waals surface area contributed by atoms with Crippen LogP contribution in [0.25, 0.3) is 11.1 Å². The van der Waals surface area contributed by atoms with Crippen molar-refractivity contribution in [2.75, 3.05) is 0 Å². The molecule has 0 bridgehead atoms. The average molecular weight is 478 g/mol. The second-order valence-corrected chi connectivity index (χ2v) is 9.20. The minimum Gasteiger partial charge on any atom is -0.481 e. The van der Waals surface area contributed by atoms with Gasteiger partial charge in [-0.2, -0.15) is 0 Å². The van der Waals surface area contributed by atoms with E-state index in [2.05, 4.69) is 10.3 Å². The van der Waals surface area contributed by atoms with Crippen LogP contribution in [0.1, 0.15) is 55.6 Å². The number of rotatable bonds is 9. The summed E-state index contributed by atoms with van der Waals surface area (Å²) in [6.07, 6.45) is 1.67. The minimum atomic E-state index is -1.06. The first kappa shape index (κ1) is 25.7. The summed E-state index contributed by atoms with van der Waals surface area (Å²) in [5.74, 6) is -1.35. The van der Waals surface area contributed by atoms with Crippen LogP contribution in [0.4, 0.5) is 0 Å². The Bertz CT molecular complexity index is 1340. The number of aromatic nitrogens is 2. The molecule has 0 aliphatic carbocycles. The number of carbonyl (C=O) groups excluding carboxylic acids is 1. The van der Waals surface area contributed by atoms with E-state index in [4.69, 9.17) is 0 Å². The fourth-order valence-corrected chi connectivity index (χ4v) is 4.13. The molecule has 3 N–H and O–H groups in total. The third-order valence-corrected chi connectivity index (χ3v) is 5.90. The number of aromatic amines is 1. The number of benzene rings is 1. The van der Waals surface area contributed by atoms with Crippen molar-refractivity contribution in [3.8, 4) is 11.1 Å². The lowest BCUT2D eigenvalue weighted by Gasteiger charge is -2.25. The number of pyridine rings is 2. The number of hydrogen-bond acceptors (Lipinski definition) is 4. The second kappa shape index (κ2) is 11.0. The van der Waals surface area contributed by atoms with Crippen molar-refractivity contribution in [1.29, 1.82) is 0 Å². The number of nitrogens with zero attached hydrogens (tertiary/aromatic N) is 1. The summed E-state index contributed by atoms with van der Waals surface area (Å²) in [5, 5.41) is 12.4. The molecule has 8 heteroatoms. The summed E-state index contributed by atoms with van der Waals surface area (Å²) in [4.78, 5) is 52.2. The van der Waals surface area contributed by atoms with Crippen molar-refractivity contribution >= 4 is 11.9 Å². The van der Waals surface area contributed by atoms with Crippen molar-refractivity contribution in [1.82, 2.24) is 14.9 Å². The Balaban J connectivity index is 1.98.